The monoisotopic (exact) mass is 437 g/mol. The molecule has 0 fully saturated rings. The van der Waals surface area contributed by atoms with E-state index in [4.69, 9.17) is 9.15 Å². The van der Waals surface area contributed by atoms with Crippen molar-refractivity contribution in [3.8, 4) is 17.0 Å². The van der Waals surface area contributed by atoms with Gasteiger partial charge in [-0.3, -0.25) is 14.9 Å². The largest absolute Gasteiger partial charge is 0.484 e. The van der Waals surface area contributed by atoms with Crippen LogP contribution in [0, 0.1) is 5.82 Å². The van der Waals surface area contributed by atoms with E-state index >= 15 is 0 Å². The number of hydrogen-bond acceptors (Lipinski definition) is 6. The van der Waals surface area contributed by atoms with Crippen LogP contribution in [0.5, 0.6) is 5.75 Å². The van der Waals surface area contributed by atoms with Gasteiger partial charge in [0.15, 0.2) is 17.5 Å². The number of carbonyl (C=O) groups excluding carboxylic acids is 2. The predicted octanol–water partition coefficient (Wildman–Crippen LogP) is 4.81. The number of anilines is 2. The first-order valence-corrected chi connectivity index (χ1v) is 10.0. The maximum Gasteiger partial charge on any atom is 0.291 e. The molecule has 0 atom stereocenters. The Labute approximate surface area is 180 Å². The molecule has 4 rings (SSSR count). The number of carbonyl (C=O) groups is 2. The van der Waals surface area contributed by atoms with Gasteiger partial charge in [-0.05, 0) is 36.4 Å². The molecule has 2 aromatic heterocycles. The summed E-state index contributed by atoms with van der Waals surface area (Å²) in [6.45, 7) is -0.246. The van der Waals surface area contributed by atoms with Gasteiger partial charge in [-0.25, -0.2) is 9.37 Å². The minimum absolute atomic E-state index is 0.187. The van der Waals surface area contributed by atoms with Crippen molar-refractivity contribution >= 4 is 34.0 Å². The topological polar surface area (TPSA) is 93.5 Å². The number of ether oxygens (including phenoxy) is 1. The number of nitrogens with zero attached hydrogens (tertiary/aromatic N) is 1. The fraction of sp³-hybridized carbons (Fsp3) is 0.0455. The van der Waals surface area contributed by atoms with E-state index in [-0.39, 0.29) is 18.2 Å². The first kappa shape index (κ1) is 20.3. The second-order valence-corrected chi connectivity index (χ2v) is 7.20. The van der Waals surface area contributed by atoms with E-state index in [9.17, 15) is 14.0 Å². The Hall–Kier alpha value is -3.98. The van der Waals surface area contributed by atoms with Crippen molar-refractivity contribution in [1.29, 1.82) is 0 Å². The van der Waals surface area contributed by atoms with E-state index in [1.54, 1.807) is 53.9 Å². The van der Waals surface area contributed by atoms with Gasteiger partial charge in [0.2, 0.25) is 0 Å². The summed E-state index contributed by atoms with van der Waals surface area (Å²) in [6, 6.07) is 15.9. The molecule has 2 aromatic carbocycles. The van der Waals surface area contributed by atoms with Crippen LogP contribution in [0.15, 0.2) is 76.7 Å². The molecule has 0 bridgehead atoms. The highest BCUT2D eigenvalue weighted by Gasteiger charge is 2.11. The van der Waals surface area contributed by atoms with E-state index in [1.807, 2.05) is 0 Å². The van der Waals surface area contributed by atoms with E-state index in [2.05, 4.69) is 15.6 Å². The van der Waals surface area contributed by atoms with Crippen molar-refractivity contribution in [3.05, 3.63) is 83.9 Å². The van der Waals surface area contributed by atoms with Gasteiger partial charge in [0, 0.05) is 22.7 Å². The first-order valence-electron chi connectivity index (χ1n) is 9.16. The summed E-state index contributed by atoms with van der Waals surface area (Å²) in [6.07, 6.45) is 1.41. The van der Waals surface area contributed by atoms with Gasteiger partial charge in [-0.1, -0.05) is 18.2 Å². The number of nitrogens with one attached hydrogen (secondary N) is 2. The molecule has 7 nitrogen and oxygen atoms in total. The van der Waals surface area contributed by atoms with Crippen molar-refractivity contribution in [1.82, 2.24) is 4.98 Å². The minimum atomic E-state index is -0.398. The molecule has 9 heteroatoms. The fourth-order valence-electron chi connectivity index (χ4n) is 2.68. The zero-order valence-corrected chi connectivity index (χ0v) is 16.8. The number of hydrogen-bond donors (Lipinski definition) is 2. The normalized spacial score (nSPS) is 10.5. The molecular formula is C22H16FN3O4S. The smallest absolute Gasteiger partial charge is 0.291 e. The maximum atomic E-state index is 13.4. The lowest BCUT2D eigenvalue weighted by molar-refractivity contribution is -0.118. The van der Waals surface area contributed by atoms with Gasteiger partial charge >= 0.3 is 0 Å². The summed E-state index contributed by atoms with van der Waals surface area (Å²) >= 11 is 1.23. The number of amides is 2. The van der Waals surface area contributed by atoms with Crippen LogP contribution in [0.2, 0.25) is 0 Å². The fourth-order valence-corrected chi connectivity index (χ4v) is 3.42. The van der Waals surface area contributed by atoms with E-state index in [0.717, 1.165) is 0 Å². The highest BCUT2D eigenvalue weighted by atomic mass is 32.1. The van der Waals surface area contributed by atoms with Gasteiger partial charge in [0.05, 0.1) is 12.0 Å². The Morgan fingerprint density at radius 3 is 2.74 bits per heavy atom. The van der Waals surface area contributed by atoms with Crippen molar-refractivity contribution in [2.45, 2.75) is 0 Å². The SMILES string of the molecule is O=C(COc1cccc(NC(=O)c2ccco2)c1)Nc1nc(-c2cccc(F)c2)cs1. The average molecular weight is 437 g/mol. The van der Waals surface area contributed by atoms with Crippen LogP contribution in [0.1, 0.15) is 10.6 Å². The zero-order chi connectivity index (χ0) is 21.6. The number of furan rings is 1. The van der Waals surface area contributed by atoms with Gasteiger partial charge < -0.3 is 14.5 Å². The summed E-state index contributed by atoms with van der Waals surface area (Å²) < 4.78 is 23.9. The molecular weight excluding hydrogens is 421 g/mol. The quantitative estimate of drug-likeness (QED) is 0.433. The third-order valence-corrected chi connectivity index (χ3v) is 4.84. The minimum Gasteiger partial charge on any atom is -0.484 e. The maximum absolute atomic E-state index is 13.4. The Balaban J connectivity index is 1.31. The van der Waals surface area contributed by atoms with Crippen molar-refractivity contribution < 1.29 is 23.1 Å². The lowest BCUT2D eigenvalue weighted by Gasteiger charge is -2.08. The molecule has 2 amide bonds. The molecule has 31 heavy (non-hydrogen) atoms. The van der Waals surface area contributed by atoms with Gasteiger partial charge in [0.25, 0.3) is 11.8 Å². The van der Waals surface area contributed by atoms with Crippen LogP contribution in [-0.2, 0) is 4.79 Å². The summed E-state index contributed by atoms with van der Waals surface area (Å²) in [5.74, 6) is -0.547. The third kappa shape index (κ3) is 5.34. The Morgan fingerprint density at radius 2 is 1.94 bits per heavy atom. The van der Waals surface area contributed by atoms with Gasteiger partial charge in [-0.15, -0.1) is 11.3 Å². The molecule has 2 heterocycles. The Kier molecular flexibility index (Phi) is 6.04. The van der Waals surface area contributed by atoms with E-state index < -0.39 is 11.8 Å². The number of rotatable bonds is 7. The molecule has 4 aromatic rings. The lowest BCUT2D eigenvalue weighted by Crippen LogP contribution is -2.20. The van der Waals surface area contributed by atoms with Crippen LogP contribution in [-0.4, -0.2) is 23.4 Å². The van der Waals surface area contributed by atoms with Gasteiger partial charge in [0.1, 0.15) is 11.6 Å². The van der Waals surface area contributed by atoms with Crippen LogP contribution in [0.25, 0.3) is 11.3 Å². The molecule has 156 valence electrons. The van der Waals surface area contributed by atoms with Crippen molar-refractivity contribution in [3.63, 3.8) is 0 Å². The lowest BCUT2D eigenvalue weighted by atomic mass is 10.2. The second kappa shape index (κ2) is 9.23. The first-order chi connectivity index (χ1) is 15.1. The molecule has 0 saturated carbocycles. The molecule has 0 aliphatic rings. The summed E-state index contributed by atoms with van der Waals surface area (Å²) in [4.78, 5) is 28.5. The van der Waals surface area contributed by atoms with E-state index in [1.165, 1.54) is 29.7 Å². The van der Waals surface area contributed by atoms with Crippen LogP contribution < -0.4 is 15.4 Å². The number of halogens is 1. The standard InChI is InChI=1S/C22H16FN3O4S/c23-15-5-1-4-14(10-15)18-13-31-22(25-18)26-20(27)12-30-17-7-2-6-16(11-17)24-21(28)19-8-3-9-29-19/h1-11,13H,12H2,(H,24,28)(H,25,26,27). The molecule has 2 N–H and O–H groups in total. The summed E-state index contributed by atoms with van der Waals surface area (Å²) in [5, 5.41) is 7.45. The predicted molar refractivity (Wildman–Crippen MR) is 115 cm³/mol. The summed E-state index contributed by atoms with van der Waals surface area (Å²) in [7, 11) is 0. The third-order valence-electron chi connectivity index (χ3n) is 4.08. The molecule has 0 aliphatic carbocycles. The second-order valence-electron chi connectivity index (χ2n) is 6.34. The Bertz CT molecular complexity index is 1210. The molecule has 0 radical (unpaired) electrons. The number of aromatic nitrogens is 1. The van der Waals surface area contributed by atoms with Crippen LogP contribution in [0.3, 0.4) is 0 Å². The zero-order valence-electron chi connectivity index (χ0n) is 16.0. The number of benzene rings is 2. The van der Waals surface area contributed by atoms with E-state index in [0.29, 0.717) is 27.8 Å². The van der Waals surface area contributed by atoms with Crippen LogP contribution in [0.4, 0.5) is 15.2 Å². The molecule has 0 unspecified atom stereocenters. The molecule has 0 aliphatic heterocycles. The number of thiazole rings is 1. The average Bonchev–Trinajstić information content (AvgIpc) is 3.45. The highest BCUT2D eigenvalue weighted by Crippen LogP contribution is 2.25. The van der Waals surface area contributed by atoms with Gasteiger partial charge in [-0.2, -0.15) is 0 Å². The highest BCUT2D eigenvalue weighted by molar-refractivity contribution is 7.14. The van der Waals surface area contributed by atoms with Crippen molar-refractivity contribution in [2.24, 2.45) is 0 Å². The Morgan fingerprint density at radius 1 is 1.06 bits per heavy atom. The summed E-state index contributed by atoms with van der Waals surface area (Å²) in [5.41, 5.74) is 1.70. The van der Waals surface area contributed by atoms with Crippen LogP contribution >= 0.6 is 11.3 Å². The molecule has 0 saturated heterocycles. The van der Waals surface area contributed by atoms with Crippen molar-refractivity contribution in [2.75, 3.05) is 17.2 Å². The molecule has 0 spiro atoms.